The lowest BCUT2D eigenvalue weighted by Gasteiger charge is -2.09. The first-order valence-corrected chi connectivity index (χ1v) is 5.17. The molecule has 0 saturated carbocycles. The van der Waals surface area contributed by atoms with E-state index in [0.29, 0.717) is 16.8 Å². The van der Waals surface area contributed by atoms with Crippen LogP contribution in [-0.4, -0.2) is 12.1 Å². The van der Waals surface area contributed by atoms with Crippen molar-refractivity contribution in [3.8, 4) is 5.75 Å². The fourth-order valence-electron chi connectivity index (χ4n) is 0.990. The third kappa shape index (κ3) is 2.33. The van der Waals surface area contributed by atoms with Crippen molar-refractivity contribution in [3.05, 3.63) is 22.5 Å². The zero-order valence-electron chi connectivity index (χ0n) is 7.23. The molecule has 0 aliphatic rings. The van der Waals surface area contributed by atoms with Gasteiger partial charge in [-0.3, -0.25) is 0 Å². The third-order valence-electron chi connectivity index (χ3n) is 1.57. The molecule has 0 aliphatic carbocycles. The minimum absolute atomic E-state index is 0.146. The predicted molar refractivity (Wildman–Crippen MR) is 53.4 cm³/mol. The monoisotopic (exact) mass is 285 g/mol. The molecule has 0 aliphatic heterocycles. The van der Waals surface area contributed by atoms with Gasteiger partial charge in [0.1, 0.15) is 5.69 Å². The molecule has 0 aromatic carbocycles. The Morgan fingerprint density at radius 2 is 2.29 bits per heavy atom. The highest BCUT2D eigenvalue weighted by molar-refractivity contribution is 9.08. The molecule has 0 amide bonds. The van der Waals surface area contributed by atoms with Gasteiger partial charge in [-0.25, -0.2) is 13.8 Å². The SMILES string of the molecule is COc1c(Cl)cc(C(F)F)nc1CBr. The van der Waals surface area contributed by atoms with Crippen molar-refractivity contribution in [2.45, 2.75) is 11.8 Å². The van der Waals surface area contributed by atoms with Gasteiger partial charge in [0.15, 0.2) is 5.75 Å². The molecule has 1 heterocycles. The van der Waals surface area contributed by atoms with Crippen LogP contribution in [0.2, 0.25) is 5.02 Å². The molecule has 0 N–H and O–H groups in total. The van der Waals surface area contributed by atoms with Gasteiger partial charge in [0.2, 0.25) is 0 Å². The Hall–Kier alpha value is -0.420. The standard InChI is InChI=1S/C8H7BrClF2NO/c1-14-7-4(10)2-5(8(11)12)13-6(7)3-9/h2,8H,3H2,1H3. The van der Waals surface area contributed by atoms with E-state index >= 15 is 0 Å². The molecule has 6 heteroatoms. The van der Waals surface area contributed by atoms with Gasteiger partial charge in [0, 0.05) is 5.33 Å². The van der Waals surface area contributed by atoms with Crippen molar-refractivity contribution < 1.29 is 13.5 Å². The number of rotatable bonds is 3. The fraction of sp³-hybridized carbons (Fsp3) is 0.375. The number of aromatic nitrogens is 1. The molecule has 0 saturated heterocycles. The van der Waals surface area contributed by atoms with E-state index in [0.717, 1.165) is 6.07 Å². The summed E-state index contributed by atoms with van der Waals surface area (Å²) in [6, 6.07) is 1.11. The van der Waals surface area contributed by atoms with Crippen molar-refractivity contribution in [1.29, 1.82) is 0 Å². The summed E-state index contributed by atoms with van der Waals surface area (Å²) in [4.78, 5) is 3.72. The summed E-state index contributed by atoms with van der Waals surface area (Å²) in [5.41, 5.74) is 0.0283. The lowest BCUT2D eigenvalue weighted by Crippen LogP contribution is -1.99. The van der Waals surface area contributed by atoms with Crippen LogP contribution in [0.4, 0.5) is 8.78 Å². The molecule has 0 unspecified atom stereocenters. The van der Waals surface area contributed by atoms with Crippen LogP contribution in [0.1, 0.15) is 17.8 Å². The van der Waals surface area contributed by atoms with E-state index < -0.39 is 6.43 Å². The van der Waals surface area contributed by atoms with Gasteiger partial charge in [0.25, 0.3) is 6.43 Å². The number of hydrogen-bond acceptors (Lipinski definition) is 2. The molecular weight excluding hydrogens is 279 g/mol. The second kappa shape index (κ2) is 4.89. The predicted octanol–water partition coefficient (Wildman–Crippen LogP) is 3.58. The summed E-state index contributed by atoms with van der Waals surface area (Å²) in [6.07, 6.45) is -2.63. The molecule has 2 nitrogen and oxygen atoms in total. The Bertz CT molecular complexity index is 335. The van der Waals surface area contributed by atoms with Gasteiger partial charge >= 0.3 is 0 Å². The van der Waals surface area contributed by atoms with Crippen molar-refractivity contribution >= 4 is 27.5 Å². The lowest BCUT2D eigenvalue weighted by atomic mass is 10.3. The number of methoxy groups -OCH3 is 1. The second-order valence-corrected chi connectivity index (χ2v) is 3.41. The molecule has 14 heavy (non-hydrogen) atoms. The topological polar surface area (TPSA) is 22.1 Å². The Kier molecular flexibility index (Phi) is 4.07. The summed E-state index contributed by atoms with van der Waals surface area (Å²) in [7, 11) is 1.41. The van der Waals surface area contributed by atoms with Crippen molar-refractivity contribution in [2.24, 2.45) is 0 Å². The van der Waals surface area contributed by atoms with E-state index in [1.807, 2.05) is 0 Å². The van der Waals surface area contributed by atoms with Crippen LogP contribution < -0.4 is 4.74 Å². The fourth-order valence-corrected chi connectivity index (χ4v) is 1.67. The Morgan fingerprint density at radius 1 is 1.64 bits per heavy atom. The van der Waals surface area contributed by atoms with E-state index in [9.17, 15) is 8.78 Å². The maximum Gasteiger partial charge on any atom is 0.280 e. The van der Waals surface area contributed by atoms with Crippen LogP contribution in [0.3, 0.4) is 0 Å². The van der Waals surface area contributed by atoms with Gasteiger partial charge in [-0.2, -0.15) is 0 Å². The molecule has 0 bridgehead atoms. The average molecular weight is 287 g/mol. The van der Waals surface area contributed by atoms with E-state index in [-0.39, 0.29) is 10.7 Å². The van der Waals surface area contributed by atoms with Crippen LogP contribution >= 0.6 is 27.5 Å². The summed E-state index contributed by atoms with van der Waals surface area (Å²) in [6.45, 7) is 0. The molecule has 0 atom stereocenters. The first kappa shape index (κ1) is 11.7. The highest BCUT2D eigenvalue weighted by atomic mass is 79.9. The summed E-state index contributed by atoms with van der Waals surface area (Å²) < 4.78 is 29.6. The number of halogens is 4. The minimum atomic E-state index is -2.63. The summed E-state index contributed by atoms with van der Waals surface area (Å²) in [5, 5.41) is 0.462. The van der Waals surface area contributed by atoms with Gasteiger partial charge in [0.05, 0.1) is 17.8 Å². The number of ether oxygens (including phenoxy) is 1. The zero-order chi connectivity index (χ0) is 10.7. The first-order chi connectivity index (χ1) is 6.60. The average Bonchev–Trinajstić information content (AvgIpc) is 2.16. The largest absolute Gasteiger partial charge is 0.493 e. The van der Waals surface area contributed by atoms with Gasteiger partial charge in [-0.05, 0) is 6.07 Å². The number of hydrogen-bond donors (Lipinski definition) is 0. The Labute approximate surface area is 93.4 Å². The highest BCUT2D eigenvalue weighted by Crippen LogP contribution is 2.32. The lowest BCUT2D eigenvalue weighted by molar-refractivity contribution is 0.145. The van der Waals surface area contributed by atoms with E-state index in [4.69, 9.17) is 16.3 Å². The number of pyridine rings is 1. The molecule has 1 rings (SSSR count). The Balaban J connectivity index is 3.24. The van der Waals surface area contributed by atoms with Gasteiger partial charge < -0.3 is 4.74 Å². The minimum Gasteiger partial charge on any atom is -0.493 e. The maximum absolute atomic E-state index is 12.3. The molecule has 1 aromatic rings. The van der Waals surface area contributed by atoms with Crippen LogP contribution in [-0.2, 0) is 5.33 Å². The normalized spacial score (nSPS) is 10.7. The molecule has 1 aromatic heterocycles. The Morgan fingerprint density at radius 3 is 2.71 bits per heavy atom. The van der Waals surface area contributed by atoms with Crippen LogP contribution in [0, 0.1) is 0 Å². The molecule has 0 fully saturated rings. The van der Waals surface area contributed by atoms with E-state index in [1.54, 1.807) is 0 Å². The first-order valence-electron chi connectivity index (χ1n) is 3.67. The number of nitrogens with zero attached hydrogens (tertiary/aromatic N) is 1. The maximum atomic E-state index is 12.3. The van der Waals surface area contributed by atoms with Crippen molar-refractivity contribution in [3.63, 3.8) is 0 Å². The summed E-state index contributed by atoms with van der Waals surface area (Å²) in [5.74, 6) is 0.327. The van der Waals surface area contributed by atoms with Crippen molar-refractivity contribution in [1.82, 2.24) is 4.98 Å². The van der Waals surface area contributed by atoms with Crippen molar-refractivity contribution in [2.75, 3.05) is 7.11 Å². The van der Waals surface area contributed by atoms with Crippen LogP contribution in [0.25, 0.3) is 0 Å². The molecule has 0 radical (unpaired) electrons. The van der Waals surface area contributed by atoms with Gasteiger partial charge in [-0.15, -0.1) is 0 Å². The molecule has 0 spiro atoms. The van der Waals surface area contributed by atoms with Gasteiger partial charge in [-0.1, -0.05) is 27.5 Å². The van der Waals surface area contributed by atoms with E-state index in [1.165, 1.54) is 7.11 Å². The zero-order valence-corrected chi connectivity index (χ0v) is 9.57. The number of alkyl halides is 3. The third-order valence-corrected chi connectivity index (χ3v) is 2.38. The smallest absolute Gasteiger partial charge is 0.280 e. The second-order valence-electron chi connectivity index (χ2n) is 2.44. The van der Waals surface area contributed by atoms with E-state index in [2.05, 4.69) is 20.9 Å². The highest BCUT2D eigenvalue weighted by Gasteiger charge is 2.16. The van der Waals surface area contributed by atoms with Crippen LogP contribution in [0.15, 0.2) is 6.07 Å². The van der Waals surface area contributed by atoms with Crippen LogP contribution in [0.5, 0.6) is 5.75 Å². The quantitative estimate of drug-likeness (QED) is 0.792. The molecular formula is C8H7BrClF2NO. The molecule has 78 valence electrons. The summed E-state index contributed by atoms with van der Waals surface area (Å²) >= 11 is 8.86.